The first kappa shape index (κ1) is 11.0. The number of carbonyl (C=O) groups excluding carboxylic acids is 1. The lowest BCUT2D eigenvalue weighted by Crippen LogP contribution is -2.21. The van der Waals surface area contributed by atoms with E-state index in [0.717, 1.165) is 24.2 Å². The minimum absolute atomic E-state index is 0.229. The van der Waals surface area contributed by atoms with Crippen LogP contribution in [0.2, 0.25) is 0 Å². The van der Waals surface area contributed by atoms with Gasteiger partial charge < -0.3 is 10.5 Å². The fourth-order valence-corrected chi connectivity index (χ4v) is 2.29. The second-order valence-corrected chi connectivity index (χ2v) is 4.19. The molecule has 0 bridgehead atoms. The number of para-hydroxylation sites is 1. The molecule has 1 aliphatic heterocycles. The van der Waals surface area contributed by atoms with Gasteiger partial charge in [-0.2, -0.15) is 0 Å². The van der Waals surface area contributed by atoms with Crippen molar-refractivity contribution in [3.05, 3.63) is 29.3 Å². The third-order valence-electron chi connectivity index (χ3n) is 3.11. The molecule has 1 aliphatic rings. The molecule has 0 saturated heterocycles. The number of fused-ring (bicyclic) bond motifs is 1. The van der Waals surface area contributed by atoms with Gasteiger partial charge in [-0.3, -0.25) is 4.79 Å². The maximum Gasteiger partial charge on any atom is 0.218 e. The largest absolute Gasteiger partial charge is 0.493 e. The molecule has 1 amide bonds. The summed E-state index contributed by atoms with van der Waals surface area (Å²) in [5.74, 6) is 0.968. The van der Waals surface area contributed by atoms with Crippen LogP contribution >= 0.6 is 0 Å². The van der Waals surface area contributed by atoms with Crippen molar-refractivity contribution in [2.75, 3.05) is 6.61 Å². The predicted molar refractivity (Wildman–Crippen MR) is 62.5 cm³/mol. The van der Waals surface area contributed by atoms with E-state index in [1.807, 2.05) is 12.1 Å². The van der Waals surface area contributed by atoms with Crippen LogP contribution in [0.25, 0.3) is 0 Å². The zero-order valence-electron chi connectivity index (χ0n) is 9.53. The van der Waals surface area contributed by atoms with E-state index in [-0.39, 0.29) is 11.8 Å². The third-order valence-corrected chi connectivity index (χ3v) is 3.11. The van der Waals surface area contributed by atoms with Crippen molar-refractivity contribution in [3.63, 3.8) is 0 Å². The number of rotatable bonds is 3. The molecule has 0 aromatic heterocycles. The number of nitrogens with two attached hydrogens (primary N) is 1. The molecule has 0 fully saturated rings. The van der Waals surface area contributed by atoms with Crippen molar-refractivity contribution < 1.29 is 9.53 Å². The van der Waals surface area contributed by atoms with E-state index in [4.69, 9.17) is 10.5 Å². The molecule has 2 rings (SSSR count). The molecule has 1 aromatic rings. The number of amides is 1. The lowest BCUT2D eigenvalue weighted by Gasteiger charge is -2.26. The van der Waals surface area contributed by atoms with Crippen LogP contribution in [0.3, 0.4) is 0 Å². The summed E-state index contributed by atoms with van der Waals surface area (Å²) in [4.78, 5) is 11.0. The highest BCUT2D eigenvalue weighted by atomic mass is 16.5. The molecule has 16 heavy (non-hydrogen) atoms. The van der Waals surface area contributed by atoms with Crippen LogP contribution in [-0.2, 0) is 11.2 Å². The first-order chi connectivity index (χ1) is 7.72. The average molecular weight is 219 g/mol. The molecule has 0 radical (unpaired) electrons. The summed E-state index contributed by atoms with van der Waals surface area (Å²) < 4.78 is 5.71. The number of carbonyl (C=O) groups is 1. The minimum Gasteiger partial charge on any atom is -0.493 e. The Hall–Kier alpha value is -1.51. The van der Waals surface area contributed by atoms with E-state index in [2.05, 4.69) is 13.0 Å². The Morgan fingerprint density at radius 2 is 2.38 bits per heavy atom. The molecule has 1 aromatic carbocycles. The first-order valence-corrected chi connectivity index (χ1v) is 5.75. The molecule has 1 heterocycles. The third kappa shape index (κ3) is 2.03. The van der Waals surface area contributed by atoms with E-state index in [9.17, 15) is 4.79 Å². The highest BCUT2D eigenvalue weighted by molar-refractivity contribution is 5.75. The summed E-state index contributed by atoms with van der Waals surface area (Å²) in [5.41, 5.74) is 7.63. The second kappa shape index (κ2) is 4.56. The molecular formula is C13H17NO2. The molecule has 1 unspecified atom stereocenters. The van der Waals surface area contributed by atoms with Gasteiger partial charge in [-0.25, -0.2) is 0 Å². The van der Waals surface area contributed by atoms with Gasteiger partial charge in [0.05, 0.1) is 6.61 Å². The maximum absolute atomic E-state index is 11.0. The standard InChI is InChI=1S/C13H17NO2/c1-2-9-4-3-5-11-10(8-12(14)15)6-7-16-13(9)11/h3-5,10H,2,6-8H2,1H3,(H2,14,15). The molecule has 0 aliphatic carbocycles. The van der Waals surface area contributed by atoms with Crippen LogP contribution in [0.1, 0.15) is 36.8 Å². The van der Waals surface area contributed by atoms with Crippen molar-refractivity contribution in [2.24, 2.45) is 5.73 Å². The summed E-state index contributed by atoms with van der Waals surface area (Å²) in [6.07, 6.45) is 2.25. The Labute approximate surface area is 95.6 Å². The Kier molecular flexibility index (Phi) is 3.13. The van der Waals surface area contributed by atoms with Crippen molar-refractivity contribution in [3.8, 4) is 5.75 Å². The van der Waals surface area contributed by atoms with Gasteiger partial charge in [0.1, 0.15) is 5.75 Å². The van der Waals surface area contributed by atoms with E-state index in [1.165, 1.54) is 5.56 Å². The fourth-order valence-electron chi connectivity index (χ4n) is 2.29. The SMILES string of the molecule is CCc1cccc2c1OCCC2CC(N)=O. The summed E-state index contributed by atoms with van der Waals surface area (Å²) in [5, 5.41) is 0. The van der Waals surface area contributed by atoms with E-state index in [1.54, 1.807) is 0 Å². The predicted octanol–water partition coefficient (Wildman–Crippen LogP) is 1.99. The molecule has 86 valence electrons. The summed E-state index contributed by atoms with van der Waals surface area (Å²) in [6, 6.07) is 6.15. The fraction of sp³-hybridized carbons (Fsp3) is 0.462. The molecule has 1 atom stereocenters. The highest BCUT2D eigenvalue weighted by Crippen LogP contribution is 2.38. The minimum atomic E-state index is -0.236. The monoisotopic (exact) mass is 219 g/mol. The average Bonchev–Trinajstić information content (AvgIpc) is 2.28. The van der Waals surface area contributed by atoms with Crippen LogP contribution in [0.15, 0.2) is 18.2 Å². The lowest BCUT2D eigenvalue weighted by molar-refractivity contribution is -0.118. The van der Waals surface area contributed by atoms with Crippen LogP contribution in [0.4, 0.5) is 0 Å². The van der Waals surface area contributed by atoms with Gasteiger partial charge in [0.15, 0.2) is 0 Å². The van der Waals surface area contributed by atoms with E-state index >= 15 is 0 Å². The summed E-state index contributed by atoms with van der Waals surface area (Å²) in [7, 11) is 0. The van der Waals surface area contributed by atoms with Gasteiger partial charge in [-0.05, 0) is 29.9 Å². The molecular weight excluding hydrogens is 202 g/mol. The molecule has 0 saturated carbocycles. The van der Waals surface area contributed by atoms with E-state index in [0.29, 0.717) is 13.0 Å². The van der Waals surface area contributed by atoms with Gasteiger partial charge in [0.25, 0.3) is 0 Å². The molecule has 0 spiro atoms. The lowest BCUT2D eigenvalue weighted by atomic mass is 9.88. The van der Waals surface area contributed by atoms with Gasteiger partial charge in [0, 0.05) is 6.42 Å². The quantitative estimate of drug-likeness (QED) is 0.845. The summed E-state index contributed by atoms with van der Waals surface area (Å²) >= 11 is 0. The Balaban J connectivity index is 2.35. The Morgan fingerprint density at radius 3 is 3.06 bits per heavy atom. The summed E-state index contributed by atoms with van der Waals surface area (Å²) in [6.45, 7) is 2.79. The van der Waals surface area contributed by atoms with Gasteiger partial charge in [0.2, 0.25) is 5.91 Å². The first-order valence-electron chi connectivity index (χ1n) is 5.75. The van der Waals surface area contributed by atoms with E-state index < -0.39 is 0 Å². The topological polar surface area (TPSA) is 52.3 Å². The van der Waals surface area contributed by atoms with Crippen LogP contribution in [0.5, 0.6) is 5.75 Å². The number of primary amides is 1. The normalized spacial score (nSPS) is 18.7. The number of hydrogen-bond acceptors (Lipinski definition) is 2. The molecule has 3 nitrogen and oxygen atoms in total. The highest BCUT2D eigenvalue weighted by Gasteiger charge is 2.24. The Morgan fingerprint density at radius 1 is 1.56 bits per heavy atom. The second-order valence-electron chi connectivity index (χ2n) is 4.19. The van der Waals surface area contributed by atoms with Gasteiger partial charge >= 0.3 is 0 Å². The van der Waals surface area contributed by atoms with Crippen molar-refractivity contribution in [2.45, 2.75) is 32.1 Å². The number of benzene rings is 1. The maximum atomic E-state index is 11.0. The number of hydrogen-bond donors (Lipinski definition) is 1. The molecule has 2 N–H and O–H groups in total. The van der Waals surface area contributed by atoms with Gasteiger partial charge in [-0.15, -0.1) is 0 Å². The Bertz CT molecular complexity index is 401. The van der Waals surface area contributed by atoms with Crippen LogP contribution < -0.4 is 10.5 Å². The van der Waals surface area contributed by atoms with Crippen molar-refractivity contribution >= 4 is 5.91 Å². The van der Waals surface area contributed by atoms with Crippen LogP contribution in [0, 0.1) is 0 Å². The number of aryl methyl sites for hydroxylation is 1. The molecule has 3 heteroatoms. The van der Waals surface area contributed by atoms with Crippen molar-refractivity contribution in [1.29, 1.82) is 0 Å². The zero-order chi connectivity index (χ0) is 11.5. The van der Waals surface area contributed by atoms with Crippen molar-refractivity contribution in [1.82, 2.24) is 0 Å². The zero-order valence-corrected chi connectivity index (χ0v) is 9.53. The van der Waals surface area contributed by atoms with Gasteiger partial charge in [-0.1, -0.05) is 25.1 Å². The van der Waals surface area contributed by atoms with Crippen LogP contribution in [-0.4, -0.2) is 12.5 Å². The number of ether oxygens (including phenoxy) is 1. The smallest absolute Gasteiger partial charge is 0.218 e.